The van der Waals surface area contributed by atoms with Gasteiger partial charge in [0.05, 0.1) is 0 Å². The monoisotopic (exact) mass is 392 g/mol. The fraction of sp³-hybridized carbons (Fsp3) is 1.00. The summed E-state index contributed by atoms with van der Waals surface area (Å²) in [6.45, 7) is 4.71. The Morgan fingerprint density at radius 2 is 1.83 bits per heavy atom. The quantitative estimate of drug-likeness (QED) is 0.477. The first-order valence-electron chi connectivity index (χ1n) is 4.82. The van der Waals surface area contributed by atoms with E-state index in [0.29, 0.717) is 3.42 Å². The lowest BCUT2D eigenvalue weighted by Crippen LogP contribution is -2.25. The lowest BCUT2D eigenvalue weighted by Gasteiger charge is -2.31. The van der Waals surface area contributed by atoms with E-state index >= 15 is 0 Å². The first-order valence-corrected chi connectivity index (χ1v) is 7.14. The molecule has 0 nitrogen and oxygen atoms in total. The van der Waals surface area contributed by atoms with Gasteiger partial charge >= 0.3 is 0 Å². The van der Waals surface area contributed by atoms with E-state index in [1.807, 2.05) is 0 Å². The Hall–Kier alpha value is 1.46. The van der Waals surface area contributed by atoms with Crippen LogP contribution in [0.1, 0.15) is 46.0 Å². The van der Waals surface area contributed by atoms with E-state index in [1.165, 1.54) is 32.1 Å². The minimum absolute atomic E-state index is 0.503. The van der Waals surface area contributed by atoms with E-state index in [1.54, 1.807) is 0 Å². The Kier molecular flexibility index (Phi) is 4.62. The van der Waals surface area contributed by atoms with Crippen LogP contribution in [0.2, 0.25) is 0 Å². The molecule has 0 bridgehead atoms. The third-order valence-corrected chi connectivity index (χ3v) is 4.64. The van der Waals surface area contributed by atoms with E-state index in [4.69, 9.17) is 0 Å². The van der Waals surface area contributed by atoms with Crippen LogP contribution in [0.4, 0.5) is 0 Å². The van der Waals surface area contributed by atoms with Crippen molar-refractivity contribution < 1.29 is 0 Å². The lowest BCUT2D eigenvalue weighted by atomic mass is 9.84. The number of halogens is 2. The van der Waals surface area contributed by atoms with Gasteiger partial charge in [-0.3, -0.25) is 0 Å². The summed E-state index contributed by atoms with van der Waals surface area (Å²) in [4.78, 5) is 0. The van der Waals surface area contributed by atoms with Crippen molar-refractivity contribution in [3.8, 4) is 0 Å². The van der Waals surface area contributed by atoms with Crippen molar-refractivity contribution in [1.29, 1.82) is 0 Å². The maximum absolute atomic E-state index is 2.66. The molecule has 1 aliphatic carbocycles. The summed E-state index contributed by atoms with van der Waals surface area (Å²) in [6, 6.07) is 0. The maximum atomic E-state index is 2.66. The van der Waals surface area contributed by atoms with Gasteiger partial charge in [-0.2, -0.15) is 0 Å². The van der Waals surface area contributed by atoms with Crippen LogP contribution in [0, 0.1) is 5.92 Å². The highest BCUT2D eigenvalue weighted by atomic mass is 127. The van der Waals surface area contributed by atoms with Gasteiger partial charge in [0.2, 0.25) is 0 Å². The molecule has 2 atom stereocenters. The molecule has 0 aromatic rings. The molecule has 0 aliphatic heterocycles. The summed E-state index contributed by atoms with van der Waals surface area (Å²) >= 11 is 5.24. The van der Waals surface area contributed by atoms with Crippen molar-refractivity contribution in [2.24, 2.45) is 5.92 Å². The average Bonchev–Trinajstić information content (AvgIpc) is 1.91. The molecule has 72 valence electrons. The lowest BCUT2D eigenvalue weighted by molar-refractivity contribution is 0.342. The van der Waals surface area contributed by atoms with Crippen LogP contribution in [-0.4, -0.2) is 7.35 Å². The standard InChI is InChI=1S/C10H18I2/c1-10(2,12)7-8-5-3-4-6-9(8)11/h8-9H,3-7H2,1-2H3. The molecule has 0 aromatic heterocycles. The van der Waals surface area contributed by atoms with E-state index in [9.17, 15) is 0 Å². The summed E-state index contributed by atoms with van der Waals surface area (Å²) in [5.41, 5.74) is 0. The minimum Gasteiger partial charge on any atom is -0.0823 e. The van der Waals surface area contributed by atoms with Crippen LogP contribution in [0.5, 0.6) is 0 Å². The van der Waals surface area contributed by atoms with E-state index < -0.39 is 0 Å². The molecular weight excluding hydrogens is 374 g/mol. The zero-order chi connectivity index (χ0) is 9.19. The van der Waals surface area contributed by atoms with Gasteiger partial charge in [0.25, 0.3) is 0 Å². The molecule has 0 spiro atoms. The minimum atomic E-state index is 0.503. The smallest absolute Gasteiger partial charge is 0.0169 e. The zero-order valence-electron chi connectivity index (χ0n) is 7.95. The second kappa shape index (κ2) is 4.80. The summed E-state index contributed by atoms with van der Waals surface area (Å²) in [5.74, 6) is 0.992. The second-order valence-electron chi connectivity index (χ2n) is 4.48. The van der Waals surface area contributed by atoms with Crippen LogP contribution < -0.4 is 0 Å². The predicted molar refractivity (Wildman–Crippen MR) is 72.5 cm³/mol. The van der Waals surface area contributed by atoms with Gasteiger partial charge in [0.15, 0.2) is 0 Å². The Labute approximate surface area is 104 Å². The molecular formula is C10H18I2. The van der Waals surface area contributed by atoms with Crippen LogP contribution in [0.15, 0.2) is 0 Å². The van der Waals surface area contributed by atoms with E-state index in [-0.39, 0.29) is 0 Å². The summed E-state index contributed by atoms with van der Waals surface area (Å²) in [7, 11) is 0. The van der Waals surface area contributed by atoms with Crippen LogP contribution >= 0.6 is 45.2 Å². The molecule has 0 saturated heterocycles. The fourth-order valence-corrected chi connectivity index (χ4v) is 3.64. The molecule has 12 heavy (non-hydrogen) atoms. The Bertz CT molecular complexity index is 137. The maximum Gasteiger partial charge on any atom is 0.0169 e. The molecule has 1 fully saturated rings. The Morgan fingerprint density at radius 1 is 1.25 bits per heavy atom. The number of hydrogen-bond acceptors (Lipinski definition) is 0. The molecule has 1 saturated carbocycles. The molecule has 0 N–H and O–H groups in total. The van der Waals surface area contributed by atoms with Crippen LogP contribution in [0.25, 0.3) is 0 Å². The van der Waals surface area contributed by atoms with Crippen molar-refractivity contribution in [3.05, 3.63) is 0 Å². The van der Waals surface area contributed by atoms with Crippen molar-refractivity contribution in [2.45, 2.75) is 53.3 Å². The first kappa shape index (κ1) is 11.5. The van der Waals surface area contributed by atoms with Crippen LogP contribution in [0.3, 0.4) is 0 Å². The highest BCUT2D eigenvalue weighted by molar-refractivity contribution is 14.1. The van der Waals surface area contributed by atoms with E-state index in [2.05, 4.69) is 59.0 Å². The average molecular weight is 392 g/mol. The summed E-state index contributed by atoms with van der Waals surface area (Å²) < 4.78 is 1.45. The highest BCUT2D eigenvalue weighted by Crippen LogP contribution is 2.38. The SMILES string of the molecule is CC(C)(I)CC1CCCCC1I. The van der Waals surface area contributed by atoms with Gasteiger partial charge in [-0.05, 0) is 25.2 Å². The number of alkyl halides is 2. The predicted octanol–water partition coefficient (Wildman–Crippen LogP) is 4.58. The Balaban J connectivity index is 2.39. The van der Waals surface area contributed by atoms with Crippen molar-refractivity contribution >= 4 is 45.2 Å². The molecule has 0 aromatic carbocycles. The summed E-state index contributed by atoms with van der Waals surface area (Å²) in [5, 5.41) is 0. The number of hydrogen-bond donors (Lipinski definition) is 0. The van der Waals surface area contributed by atoms with Crippen molar-refractivity contribution in [2.75, 3.05) is 0 Å². The molecule has 2 unspecified atom stereocenters. The van der Waals surface area contributed by atoms with E-state index in [0.717, 1.165) is 9.84 Å². The second-order valence-corrected chi connectivity index (χ2v) is 9.00. The fourth-order valence-electron chi connectivity index (χ4n) is 2.02. The zero-order valence-corrected chi connectivity index (χ0v) is 12.3. The normalized spacial score (nSPS) is 32.0. The highest BCUT2D eigenvalue weighted by Gasteiger charge is 2.27. The first-order chi connectivity index (χ1) is 5.49. The molecule has 0 amide bonds. The van der Waals surface area contributed by atoms with Crippen molar-refractivity contribution in [1.82, 2.24) is 0 Å². The van der Waals surface area contributed by atoms with Gasteiger partial charge in [-0.25, -0.2) is 0 Å². The van der Waals surface area contributed by atoms with Gasteiger partial charge in [0.1, 0.15) is 0 Å². The molecule has 1 aliphatic rings. The molecule has 1 rings (SSSR count). The molecule has 0 radical (unpaired) electrons. The van der Waals surface area contributed by atoms with Gasteiger partial charge in [-0.1, -0.05) is 71.9 Å². The van der Waals surface area contributed by atoms with Crippen molar-refractivity contribution in [3.63, 3.8) is 0 Å². The van der Waals surface area contributed by atoms with Gasteiger partial charge in [-0.15, -0.1) is 0 Å². The third kappa shape index (κ3) is 4.11. The molecule has 2 heteroatoms. The van der Waals surface area contributed by atoms with Gasteiger partial charge in [0, 0.05) is 7.35 Å². The summed E-state index contributed by atoms with van der Waals surface area (Å²) in [6.07, 6.45) is 7.27. The van der Waals surface area contributed by atoms with Crippen LogP contribution in [-0.2, 0) is 0 Å². The molecule has 0 heterocycles. The Morgan fingerprint density at radius 3 is 2.33 bits per heavy atom. The largest absolute Gasteiger partial charge is 0.0823 e. The van der Waals surface area contributed by atoms with Gasteiger partial charge < -0.3 is 0 Å². The number of rotatable bonds is 2. The third-order valence-electron chi connectivity index (χ3n) is 2.56. The topological polar surface area (TPSA) is 0 Å².